The lowest BCUT2D eigenvalue weighted by atomic mass is 10.2. The summed E-state index contributed by atoms with van der Waals surface area (Å²) in [5.41, 5.74) is 0.132. The monoisotopic (exact) mass is 304 g/mol. The molecule has 0 atom stereocenters. The average molecular weight is 305 g/mol. The van der Waals surface area contributed by atoms with Gasteiger partial charge in [-0.1, -0.05) is 11.6 Å². The zero-order chi connectivity index (χ0) is 14.1. The topological polar surface area (TPSA) is 55.8 Å². The number of hydrogen-bond acceptors (Lipinski definition) is 4. The zero-order valence-electron chi connectivity index (χ0n) is 10.7. The first-order valence-corrected chi connectivity index (χ1v) is 7.24. The lowest BCUT2D eigenvalue weighted by molar-refractivity contribution is 0.0697. The quantitative estimate of drug-likeness (QED) is 0.561. The van der Waals surface area contributed by atoms with Gasteiger partial charge in [0.15, 0.2) is 0 Å². The fourth-order valence-corrected chi connectivity index (χ4v) is 2.38. The van der Waals surface area contributed by atoms with Gasteiger partial charge in [0.1, 0.15) is 0 Å². The molecule has 0 aromatic heterocycles. The molecule has 0 bridgehead atoms. The highest BCUT2D eigenvalue weighted by atomic mass is 35.5. The van der Waals surface area contributed by atoms with Crippen LogP contribution >= 0.6 is 23.4 Å². The highest BCUT2D eigenvalue weighted by Crippen LogP contribution is 2.24. The molecular formula is C13H17ClO4S. The number of rotatable bonds is 9. The SMILES string of the molecule is COCCCOCCSc1ccc(Cl)c(C(=O)O)c1. The molecule has 1 aromatic carbocycles. The van der Waals surface area contributed by atoms with Crippen LogP contribution in [0.1, 0.15) is 16.8 Å². The molecule has 0 fully saturated rings. The molecule has 0 saturated carbocycles. The number of hydrogen-bond donors (Lipinski definition) is 1. The maximum atomic E-state index is 10.9. The highest BCUT2D eigenvalue weighted by Gasteiger charge is 2.09. The van der Waals surface area contributed by atoms with Gasteiger partial charge in [-0.2, -0.15) is 0 Å². The van der Waals surface area contributed by atoms with Gasteiger partial charge < -0.3 is 14.6 Å². The minimum absolute atomic E-state index is 0.132. The molecule has 1 N–H and O–H groups in total. The molecule has 0 aliphatic heterocycles. The number of carboxylic acid groups (broad SMARTS) is 1. The second-order valence-electron chi connectivity index (χ2n) is 3.75. The highest BCUT2D eigenvalue weighted by molar-refractivity contribution is 7.99. The fraction of sp³-hybridized carbons (Fsp3) is 0.462. The molecule has 0 aliphatic rings. The van der Waals surface area contributed by atoms with Gasteiger partial charge in [0.2, 0.25) is 0 Å². The van der Waals surface area contributed by atoms with E-state index >= 15 is 0 Å². The van der Waals surface area contributed by atoms with E-state index in [1.54, 1.807) is 31.0 Å². The van der Waals surface area contributed by atoms with Crippen LogP contribution in [0.3, 0.4) is 0 Å². The van der Waals surface area contributed by atoms with Crippen LogP contribution in [-0.4, -0.2) is 43.8 Å². The van der Waals surface area contributed by atoms with Gasteiger partial charge in [-0.25, -0.2) is 4.79 Å². The molecule has 0 unspecified atom stereocenters. The van der Waals surface area contributed by atoms with E-state index in [2.05, 4.69) is 0 Å². The Morgan fingerprint density at radius 3 is 2.84 bits per heavy atom. The van der Waals surface area contributed by atoms with E-state index in [4.69, 9.17) is 26.2 Å². The molecule has 1 rings (SSSR count). The molecule has 0 saturated heterocycles. The lowest BCUT2D eigenvalue weighted by Gasteiger charge is -2.05. The smallest absolute Gasteiger partial charge is 0.337 e. The first kappa shape index (κ1) is 16.3. The van der Waals surface area contributed by atoms with E-state index in [9.17, 15) is 4.79 Å². The van der Waals surface area contributed by atoms with Crippen molar-refractivity contribution in [1.29, 1.82) is 0 Å². The molecule has 0 spiro atoms. The van der Waals surface area contributed by atoms with E-state index in [1.165, 1.54) is 0 Å². The fourth-order valence-electron chi connectivity index (χ4n) is 1.38. The molecule has 1 aromatic rings. The number of thioether (sulfide) groups is 1. The van der Waals surface area contributed by atoms with Crippen LogP contribution in [0.2, 0.25) is 5.02 Å². The van der Waals surface area contributed by atoms with Crippen molar-refractivity contribution >= 4 is 29.3 Å². The summed E-state index contributed by atoms with van der Waals surface area (Å²) >= 11 is 7.34. The molecule has 6 heteroatoms. The predicted molar refractivity (Wildman–Crippen MR) is 76.4 cm³/mol. The summed E-state index contributed by atoms with van der Waals surface area (Å²) in [5, 5.41) is 9.21. The van der Waals surface area contributed by atoms with E-state index < -0.39 is 5.97 Å². The lowest BCUT2D eigenvalue weighted by Crippen LogP contribution is -2.02. The molecule has 19 heavy (non-hydrogen) atoms. The van der Waals surface area contributed by atoms with Crippen LogP contribution in [-0.2, 0) is 9.47 Å². The minimum atomic E-state index is -1.01. The van der Waals surface area contributed by atoms with E-state index in [1.807, 2.05) is 6.07 Å². The number of aromatic carboxylic acids is 1. The number of benzene rings is 1. The Kier molecular flexibility index (Phi) is 7.90. The molecule has 0 radical (unpaired) electrons. The third kappa shape index (κ3) is 6.29. The van der Waals surface area contributed by atoms with Gasteiger partial charge in [0.25, 0.3) is 0 Å². The number of methoxy groups -OCH3 is 1. The van der Waals surface area contributed by atoms with Crippen molar-refractivity contribution in [1.82, 2.24) is 0 Å². The summed E-state index contributed by atoms with van der Waals surface area (Å²) in [6.07, 6.45) is 0.880. The third-order valence-electron chi connectivity index (χ3n) is 2.30. The van der Waals surface area contributed by atoms with E-state index in [-0.39, 0.29) is 10.6 Å². The molecule has 106 valence electrons. The number of halogens is 1. The normalized spacial score (nSPS) is 10.6. The van der Waals surface area contributed by atoms with Crippen molar-refractivity contribution in [3.05, 3.63) is 28.8 Å². The Morgan fingerprint density at radius 1 is 1.37 bits per heavy atom. The Labute approximate surface area is 122 Å². The second kappa shape index (κ2) is 9.20. The third-order valence-corrected chi connectivity index (χ3v) is 3.59. The van der Waals surface area contributed by atoms with Gasteiger partial charge >= 0.3 is 5.97 Å². The largest absolute Gasteiger partial charge is 0.478 e. The Balaban J connectivity index is 2.30. The number of ether oxygens (including phenoxy) is 2. The predicted octanol–water partition coefficient (Wildman–Crippen LogP) is 3.18. The van der Waals surface area contributed by atoms with Crippen molar-refractivity contribution < 1.29 is 19.4 Å². The van der Waals surface area contributed by atoms with Crippen LogP contribution in [0.5, 0.6) is 0 Å². The van der Waals surface area contributed by atoms with Crippen LogP contribution < -0.4 is 0 Å². The summed E-state index contributed by atoms with van der Waals surface area (Å²) in [6, 6.07) is 5.00. The molecule has 0 heterocycles. The Hall–Kier alpha value is -0.750. The van der Waals surface area contributed by atoms with Crippen LogP contribution in [0.25, 0.3) is 0 Å². The first-order chi connectivity index (χ1) is 9.15. The maximum absolute atomic E-state index is 10.9. The standard InChI is InChI=1S/C13H17ClO4S/c1-17-5-2-6-18-7-8-19-10-3-4-12(14)11(9-10)13(15)16/h3-4,9H,2,5-8H2,1H3,(H,15,16). The van der Waals surface area contributed by atoms with Gasteiger partial charge in [-0.3, -0.25) is 0 Å². The molecule has 4 nitrogen and oxygen atoms in total. The number of carboxylic acids is 1. The summed E-state index contributed by atoms with van der Waals surface area (Å²) in [6.45, 7) is 2.00. The molecular weight excluding hydrogens is 288 g/mol. The van der Waals surface area contributed by atoms with Crippen molar-refractivity contribution in [3.63, 3.8) is 0 Å². The minimum Gasteiger partial charge on any atom is -0.478 e. The second-order valence-corrected chi connectivity index (χ2v) is 5.33. The first-order valence-electron chi connectivity index (χ1n) is 5.87. The Morgan fingerprint density at radius 2 is 2.16 bits per heavy atom. The van der Waals surface area contributed by atoms with Crippen molar-refractivity contribution in [3.8, 4) is 0 Å². The summed E-state index contributed by atoms with van der Waals surface area (Å²) in [5.74, 6) is -0.239. The van der Waals surface area contributed by atoms with Crippen LogP contribution in [0.4, 0.5) is 0 Å². The van der Waals surface area contributed by atoms with Gasteiger partial charge in [-0.15, -0.1) is 11.8 Å². The van der Waals surface area contributed by atoms with E-state index in [0.29, 0.717) is 19.8 Å². The van der Waals surface area contributed by atoms with Crippen LogP contribution in [0.15, 0.2) is 23.1 Å². The zero-order valence-corrected chi connectivity index (χ0v) is 12.3. The van der Waals surface area contributed by atoms with Gasteiger partial charge in [0, 0.05) is 31.0 Å². The van der Waals surface area contributed by atoms with Crippen LogP contribution in [0, 0.1) is 0 Å². The molecule has 0 aliphatic carbocycles. The average Bonchev–Trinajstić information content (AvgIpc) is 2.39. The number of carbonyl (C=O) groups is 1. The van der Waals surface area contributed by atoms with Crippen molar-refractivity contribution in [2.45, 2.75) is 11.3 Å². The van der Waals surface area contributed by atoms with Gasteiger partial charge in [-0.05, 0) is 24.6 Å². The van der Waals surface area contributed by atoms with Crippen molar-refractivity contribution in [2.24, 2.45) is 0 Å². The van der Waals surface area contributed by atoms with Gasteiger partial charge in [0.05, 0.1) is 17.2 Å². The summed E-state index contributed by atoms with van der Waals surface area (Å²) < 4.78 is 10.3. The molecule has 0 amide bonds. The summed E-state index contributed by atoms with van der Waals surface area (Å²) in [7, 11) is 1.66. The maximum Gasteiger partial charge on any atom is 0.337 e. The van der Waals surface area contributed by atoms with E-state index in [0.717, 1.165) is 17.1 Å². The van der Waals surface area contributed by atoms with Crippen molar-refractivity contribution in [2.75, 3.05) is 32.7 Å². The summed E-state index contributed by atoms with van der Waals surface area (Å²) in [4.78, 5) is 11.8. The Bertz CT molecular complexity index is 412.